The first-order chi connectivity index (χ1) is 9.06. The summed E-state index contributed by atoms with van der Waals surface area (Å²) < 4.78 is 14.1. The number of hydrogen-bond donors (Lipinski definition) is 0. The van der Waals surface area contributed by atoms with Crippen LogP contribution < -0.4 is 0 Å². The van der Waals surface area contributed by atoms with E-state index in [2.05, 4.69) is 15.9 Å². The molecule has 2 aromatic carbocycles. The SMILES string of the molecule is Cc1cc(C(=O)CSc2cccc(Br)c2)ccc1F. The van der Waals surface area contributed by atoms with E-state index in [4.69, 9.17) is 0 Å². The van der Waals surface area contributed by atoms with Crippen LogP contribution in [0.5, 0.6) is 0 Å². The highest BCUT2D eigenvalue weighted by Crippen LogP contribution is 2.23. The molecule has 0 fully saturated rings. The molecule has 0 saturated heterocycles. The zero-order chi connectivity index (χ0) is 13.8. The number of halogens is 2. The van der Waals surface area contributed by atoms with Gasteiger partial charge in [-0.3, -0.25) is 4.79 Å². The van der Waals surface area contributed by atoms with E-state index >= 15 is 0 Å². The Hall–Kier alpha value is -1.13. The first kappa shape index (κ1) is 14.3. The molecule has 0 N–H and O–H groups in total. The summed E-state index contributed by atoms with van der Waals surface area (Å²) in [4.78, 5) is 13.0. The van der Waals surface area contributed by atoms with E-state index in [-0.39, 0.29) is 11.6 Å². The Morgan fingerprint density at radius 1 is 1.26 bits per heavy atom. The molecule has 0 spiro atoms. The standard InChI is InChI=1S/C15H12BrFOS/c1-10-7-11(5-6-14(10)17)15(18)9-19-13-4-2-3-12(16)8-13/h2-8H,9H2,1H3. The molecule has 0 heterocycles. The quantitative estimate of drug-likeness (QED) is 0.584. The second kappa shape index (κ2) is 6.35. The van der Waals surface area contributed by atoms with Crippen LogP contribution in [-0.2, 0) is 0 Å². The van der Waals surface area contributed by atoms with Crippen molar-refractivity contribution < 1.29 is 9.18 Å². The van der Waals surface area contributed by atoms with Crippen molar-refractivity contribution in [1.82, 2.24) is 0 Å². The number of hydrogen-bond acceptors (Lipinski definition) is 2. The summed E-state index contributed by atoms with van der Waals surface area (Å²) in [6.07, 6.45) is 0. The minimum atomic E-state index is -0.281. The molecular formula is C15H12BrFOS. The summed E-state index contributed by atoms with van der Waals surface area (Å²) in [5, 5.41) is 0. The number of aryl methyl sites for hydroxylation is 1. The zero-order valence-corrected chi connectivity index (χ0v) is 12.7. The first-order valence-corrected chi connectivity index (χ1v) is 7.52. The van der Waals surface area contributed by atoms with Crippen LogP contribution in [0.25, 0.3) is 0 Å². The normalized spacial score (nSPS) is 10.5. The summed E-state index contributed by atoms with van der Waals surface area (Å²) in [5.74, 6) is 0.0749. The molecule has 0 aliphatic rings. The first-order valence-electron chi connectivity index (χ1n) is 5.74. The number of thioether (sulfide) groups is 1. The maximum Gasteiger partial charge on any atom is 0.173 e. The van der Waals surface area contributed by atoms with E-state index in [9.17, 15) is 9.18 Å². The summed E-state index contributed by atoms with van der Waals surface area (Å²) in [5.41, 5.74) is 1.06. The van der Waals surface area contributed by atoms with Gasteiger partial charge in [0.25, 0.3) is 0 Å². The fraction of sp³-hybridized carbons (Fsp3) is 0.133. The molecule has 0 saturated carbocycles. The lowest BCUT2D eigenvalue weighted by molar-refractivity contribution is 0.102. The average Bonchev–Trinajstić information content (AvgIpc) is 2.39. The Morgan fingerprint density at radius 2 is 2.05 bits per heavy atom. The molecule has 1 nitrogen and oxygen atoms in total. The van der Waals surface area contributed by atoms with E-state index in [1.54, 1.807) is 13.0 Å². The van der Waals surface area contributed by atoms with E-state index in [1.807, 2.05) is 24.3 Å². The Kier molecular flexibility index (Phi) is 4.77. The van der Waals surface area contributed by atoms with Crippen molar-refractivity contribution >= 4 is 33.5 Å². The van der Waals surface area contributed by atoms with Crippen LogP contribution in [0.2, 0.25) is 0 Å². The summed E-state index contributed by atoms with van der Waals surface area (Å²) in [6.45, 7) is 1.66. The number of carbonyl (C=O) groups is 1. The monoisotopic (exact) mass is 338 g/mol. The molecule has 0 radical (unpaired) electrons. The lowest BCUT2D eigenvalue weighted by Crippen LogP contribution is -2.03. The number of benzene rings is 2. The molecule has 2 rings (SSSR count). The highest BCUT2D eigenvalue weighted by atomic mass is 79.9. The molecule has 0 unspecified atom stereocenters. The largest absolute Gasteiger partial charge is 0.293 e. The van der Waals surface area contributed by atoms with Crippen LogP contribution in [-0.4, -0.2) is 11.5 Å². The van der Waals surface area contributed by atoms with Crippen LogP contribution >= 0.6 is 27.7 Å². The lowest BCUT2D eigenvalue weighted by atomic mass is 10.1. The van der Waals surface area contributed by atoms with Gasteiger partial charge in [0.15, 0.2) is 5.78 Å². The smallest absolute Gasteiger partial charge is 0.173 e. The molecule has 0 atom stereocenters. The second-order valence-corrected chi connectivity index (χ2v) is 6.10. The molecular weight excluding hydrogens is 327 g/mol. The van der Waals surface area contributed by atoms with Crippen LogP contribution in [0.3, 0.4) is 0 Å². The van der Waals surface area contributed by atoms with Gasteiger partial charge in [-0.15, -0.1) is 11.8 Å². The van der Waals surface area contributed by atoms with Gasteiger partial charge in [0.1, 0.15) is 5.82 Å². The molecule has 0 aliphatic heterocycles. The van der Waals surface area contributed by atoms with Crippen molar-refractivity contribution in [3.63, 3.8) is 0 Å². The number of rotatable bonds is 4. The van der Waals surface area contributed by atoms with Crippen molar-refractivity contribution in [3.8, 4) is 0 Å². The molecule has 4 heteroatoms. The zero-order valence-electron chi connectivity index (χ0n) is 10.3. The van der Waals surface area contributed by atoms with Crippen molar-refractivity contribution in [1.29, 1.82) is 0 Å². The highest BCUT2D eigenvalue weighted by molar-refractivity contribution is 9.10. The molecule has 0 amide bonds. The molecule has 0 bridgehead atoms. The van der Waals surface area contributed by atoms with Crippen LogP contribution in [0.15, 0.2) is 51.8 Å². The third-order valence-corrected chi connectivity index (χ3v) is 4.13. The van der Waals surface area contributed by atoms with Crippen LogP contribution in [0.4, 0.5) is 4.39 Å². The van der Waals surface area contributed by atoms with Crippen molar-refractivity contribution in [3.05, 3.63) is 63.9 Å². The minimum Gasteiger partial charge on any atom is -0.293 e. The number of Topliss-reactive ketones (excluding diaryl/α,β-unsaturated/α-hetero) is 1. The molecule has 0 aliphatic carbocycles. The Labute approximate surface area is 124 Å². The number of carbonyl (C=O) groups excluding carboxylic acids is 1. The van der Waals surface area contributed by atoms with Gasteiger partial charge in [-0.1, -0.05) is 22.0 Å². The van der Waals surface area contributed by atoms with Gasteiger partial charge in [0.05, 0.1) is 5.75 Å². The van der Waals surface area contributed by atoms with Gasteiger partial charge in [-0.2, -0.15) is 0 Å². The Morgan fingerprint density at radius 3 is 2.74 bits per heavy atom. The van der Waals surface area contributed by atoms with Gasteiger partial charge in [-0.05, 0) is 48.9 Å². The van der Waals surface area contributed by atoms with Crippen molar-refractivity contribution in [2.45, 2.75) is 11.8 Å². The maximum absolute atomic E-state index is 13.1. The Balaban J connectivity index is 2.03. The predicted octanol–water partition coefficient (Wildman–Crippen LogP) is 4.87. The van der Waals surface area contributed by atoms with Gasteiger partial charge in [-0.25, -0.2) is 4.39 Å². The average molecular weight is 339 g/mol. The van der Waals surface area contributed by atoms with Gasteiger partial charge >= 0.3 is 0 Å². The van der Waals surface area contributed by atoms with Gasteiger partial charge in [0, 0.05) is 14.9 Å². The van der Waals surface area contributed by atoms with E-state index < -0.39 is 0 Å². The summed E-state index contributed by atoms with van der Waals surface area (Å²) in [7, 11) is 0. The molecule has 2 aromatic rings. The fourth-order valence-corrected chi connectivity index (χ4v) is 3.01. The van der Waals surface area contributed by atoms with Gasteiger partial charge < -0.3 is 0 Å². The van der Waals surface area contributed by atoms with Crippen LogP contribution in [0, 0.1) is 12.7 Å². The van der Waals surface area contributed by atoms with Crippen molar-refractivity contribution in [2.75, 3.05) is 5.75 Å². The Bertz CT molecular complexity index is 613. The van der Waals surface area contributed by atoms with E-state index in [0.29, 0.717) is 16.9 Å². The van der Waals surface area contributed by atoms with E-state index in [0.717, 1.165) is 9.37 Å². The van der Waals surface area contributed by atoms with Crippen molar-refractivity contribution in [2.24, 2.45) is 0 Å². The number of ketones is 1. The predicted molar refractivity (Wildman–Crippen MR) is 80.3 cm³/mol. The summed E-state index contributed by atoms with van der Waals surface area (Å²) >= 11 is 4.87. The minimum absolute atomic E-state index is 0.00748. The topological polar surface area (TPSA) is 17.1 Å². The molecule has 19 heavy (non-hydrogen) atoms. The fourth-order valence-electron chi connectivity index (χ4n) is 1.61. The lowest BCUT2D eigenvalue weighted by Gasteiger charge is -2.04. The third-order valence-electron chi connectivity index (χ3n) is 2.65. The summed E-state index contributed by atoms with van der Waals surface area (Å²) in [6, 6.07) is 12.3. The third kappa shape index (κ3) is 3.91. The van der Waals surface area contributed by atoms with Gasteiger partial charge in [0.2, 0.25) is 0 Å². The molecule has 98 valence electrons. The highest BCUT2D eigenvalue weighted by Gasteiger charge is 2.08. The van der Waals surface area contributed by atoms with Crippen LogP contribution in [0.1, 0.15) is 15.9 Å². The second-order valence-electron chi connectivity index (χ2n) is 4.13. The van der Waals surface area contributed by atoms with E-state index in [1.165, 1.54) is 23.9 Å². The maximum atomic E-state index is 13.1. The molecule has 0 aromatic heterocycles.